The Balaban J connectivity index is 1.82. The van der Waals surface area contributed by atoms with Crippen LogP contribution >= 0.6 is 11.6 Å². The van der Waals surface area contributed by atoms with Gasteiger partial charge in [-0.3, -0.25) is 4.79 Å². The number of carbonyl (C=O) groups is 2. The van der Waals surface area contributed by atoms with E-state index in [1.165, 1.54) is 23.1 Å². The van der Waals surface area contributed by atoms with Crippen molar-refractivity contribution in [2.75, 3.05) is 5.73 Å². The molecule has 1 fully saturated rings. The first-order chi connectivity index (χ1) is 10.5. The molecule has 22 heavy (non-hydrogen) atoms. The highest BCUT2D eigenvalue weighted by Crippen LogP contribution is 2.34. The summed E-state index contributed by atoms with van der Waals surface area (Å²) >= 11 is 5.67. The average Bonchev–Trinajstić information content (AvgIpc) is 2.93. The fraction of sp³-hybridized carbons (Fsp3) is 0.333. The lowest BCUT2D eigenvalue weighted by Crippen LogP contribution is -2.47. The molecule has 7 heteroatoms. The Bertz CT molecular complexity index is 677. The highest BCUT2D eigenvalue weighted by atomic mass is 35.5. The molecule has 1 aromatic carbocycles. The third kappa shape index (κ3) is 2.43. The molecule has 2 atom stereocenters. The Morgan fingerprint density at radius 1 is 1.41 bits per heavy atom. The molecule has 0 spiro atoms. The van der Waals surface area contributed by atoms with Crippen molar-refractivity contribution in [1.82, 2.24) is 4.90 Å². The van der Waals surface area contributed by atoms with E-state index in [0.29, 0.717) is 19.3 Å². The van der Waals surface area contributed by atoms with Gasteiger partial charge in [-0.25, -0.2) is 9.18 Å². The van der Waals surface area contributed by atoms with Gasteiger partial charge < -0.3 is 15.4 Å². The van der Waals surface area contributed by atoms with E-state index in [9.17, 15) is 14.0 Å². The van der Waals surface area contributed by atoms with Crippen LogP contribution in [0.2, 0.25) is 5.02 Å². The molecule has 2 N–H and O–H groups in total. The lowest BCUT2D eigenvalue weighted by Gasteiger charge is -2.30. The van der Waals surface area contributed by atoms with E-state index in [1.807, 2.05) is 0 Å². The molecule has 1 aromatic rings. The SMILES string of the molecule is Nc1ccc(Cl)c(F)c1OC(=O)C1CCC2CC=CC(=O)N21. The summed E-state index contributed by atoms with van der Waals surface area (Å²) < 4.78 is 19.0. The molecule has 116 valence electrons. The molecule has 0 radical (unpaired) electrons. The minimum Gasteiger partial charge on any atom is -0.420 e. The second-order valence-corrected chi connectivity index (χ2v) is 5.74. The number of benzene rings is 1. The molecule has 5 nitrogen and oxygen atoms in total. The van der Waals surface area contributed by atoms with Crippen LogP contribution in [0.1, 0.15) is 19.3 Å². The number of halogens is 2. The van der Waals surface area contributed by atoms with Gasteiger partial charge in [0.1, 0.15) is 6.04 Å². The molecule has 1 saturated heterocycles. The maximum Gasteiger partial charge on any atom is 0.334 e. The number of hydrogen-bond donors (Lipinski definition) is 1. The average molecular weight is 325 g/mol. The van der Waals surface area contributed by atoms with Crippen LogP contribution < -0.4 is 10.5 Å². The monoisotopic (exact) mass is 324 g/mol. The normalized spacial score (nSPS) is 23.5. The number of nitrogens with zero attached hydrogens (tertiary/aromatic N) is 1. The summed E-state index contributed by atoms with van der Waals surface area (Å²) in [4.78, 5) is 25.8. The largest absolute Gasteiger partial charge is 0.420 e. The number of ether oxygens (including phenoxy) is 1. The van der Waals surface area contributed by atoms with Crippen molar-refractivity contribution in [1.29, 1.82) is 0 Å². The van der Waals surface area contributed by atoms with Crippen molar-refractivity contribution >= 4 is 29.2 Å². The quantitative estimate of drug-likeness (QED) is 0.514. The van der Waals surface area contributed by atoms with Gasteiger partial charge in [0.25, 0.3) is 0 Å². The molecule has 2 heterocycles. The number of esters is 1. The van der Waals surface area contributed by atoms with Crippen LogP contribution in [-0.2, 0) is 9.59 Å². The van der Waals surface area contributed by atoms with Crippen molar-refractivity contribution in [3.63, 3.8) is 0 Å². The zero-order valence-corrected chi connectivity index (χ0v) is 12.3. The predicted molar refractivity (Wildman–Crippen MR) is 78.9 cm³/mol. The van der Waals surface area contributed by atoms with Gasteiger partial charge >= 0.3 is 5.97 Å². The van der Waals surface area contributed by atoms with E-state index in [1.54, 1.807) is 6.08 Å². The Kier molecular flexibility index (Phi) is 3.78. The van der Waals surface area contributed by atoms with Crippen LogP contribution in [0.4, 0.5) is 10.1 Å². The number of carbonyl (C=O) groups excluding carboxylic acids is 2. The van der Waals surface area contributed by atoms with Gasteiger partial charge in [-0.2, -0.15) is 0 Å². The predicted octanol–water partition coefficient (Wildman–Crippen LogP) is 2.29. The molecule has 0 aliphatic carbocycles. The van der Waals surface area contributed by atoms with E-state index in [0.717, 1.165) is 0 Å². The van der Waals surface area contributed by atoms with Gasteiger partial charge in [0.05, 0.1) is 10.7 Å². The van der Waals surface area contributed by atoms with E-state index < -0.39 is 17.8 Å². The first-order valence-corrected chi connectivity index (χ1v) is 7.31. The van der Waals surface area contributed by atoms with Crippen LogP contribution in [0.25, 0.3) is 0 Å². The zero-order chi connectivity index (χ0) is 15.9. The molecule has 1 amide bonds. The van der Waals surface area contributed by atoms with Crippen molar-refractivity contribution in [3.8, 4) is 5.75 Å². The Morgan fingerprint density at radius 3 is 2.95 bits per heavy atom. The van der Waals surface area contributed by atoms with Gasteiger partial charge in [-0.05, 0) is 37.5 Å². The first kappa shape index (κ1) is 14.8. The van der Waals surface area contributed by atoms with Gasteiger partial charge in [0.15, 0.2) is 11.6 Å². The summed E-state index contributed by atoms with van der Waals surface area (Å²) in [5.41, 5.74) is 5.61. The Labute approximate surface area is 131 Å². The Hall–Kier alpha value is -2.08. The molecular weight excluding hydrogens is 311 g/mol. The number of rotatable bonds is 2. The maximum atomic E-state index is 13.9. The molecule has 2 aliphatic rings. The smallest absolute Gasteiger partial charge is 0.334 e. The van der Waals surface area contributed by atoms with E-state index >= 15 is 0 Å². The van der Waals surface area contributed by atoms with Crippen LogP contribution in [-0.4, -0.2) is 28.9 Å². The number of nitrogen functional groups attached to an aromatic ring is 1. The van der Waals surface area contributed by atoms with Crippen molar-refractivity contribution in [2.45, 2.75) is 31.3 Å². The first-order valence-electron chi connectivity index (χ1n) is 6.93. The molecule has 2 aliphatic heterocycles. The third-order valence-corrected chi connectivity index (χ3v) is 4.27. The summed E-state index contributed by atoms with van der Waals surface area (Å²) in [6.45, 7) is 0. The third-order valence-electron chi connectivity index (χ3n) is 3.98. The maximum absolute atomic E-state index is 13.9. The second kappa shape index (κ2) is 5.61. The van der Waals surface area contributed by atoms with Gasteiger partial charge in [0.2, 0.25) is 5.91 Å². The lowest BCUT2D eigenvalue weighted by molar-refractivity contribution is -0.146. The summed E-state index contributed by atoms with van der Waals surface area (Å²) in [6.07, 6.45) is 5.15. The minimum absolute atomic E-state index is 0.00314. The van der Waals surface area contributed by atoms with Crippen molar-refractivity contribution in [3.05, 3.63) is 35.1 Å². The topological polar surface area (TPSA) is 72.6 Å². The highest BCUT2D eigenvalue weighted by Gasteiger charge is 2.42. The molecule has 0 aromatic heterocycles. The zero-order valence-electron chi connectivity index (χ0n) is 11.6. The van der Waals surface area contributed by atoms with Crippen molar-refractivity contribution < 1.29 is 18.7 Å². The molecule has 0 bridgehead atoms. The van der Waals surface area contributed by atoms with Crippen molar-refractivity contribution in [2.24, 2.45) is 0 Å². The number of hydrogen-bond acceptors (Lipinski definition) is 4. The van der Waals surface area contributed by atoms with Gasteiger partial charge in [-0.1, -0.05) is 17.7 Å². The number of amides is 1. The van der Waals surface area contributed by atoms with Crippen LogP contribution in [0.3, 0.4) is 0 Å². The molecule has 3 rings (SSSR count). The van der Waals surface area contributed by atoms with E-state index in [2.05, 4.69) is 0 Å². The molecular formula is C15H14ClFN2O3. The minimum atomic E-state index is -0.880. The fourth-order valence-electron chi connectivity index (χ4n) is 2.91. The van der Waals surface area contributed by atoms with E-state index in [-0.39, 0.29) is 28.4 Å². The standard InChI is InChI=1S/C15H14ClFN2O3/c16-9-5-6-10(18)14(13(9)17)22-15(21)11-7-4-8-2-1-3-12(20)19(8)11/h1,3,5-6,8,11H,2,4,7,18H2. The van der Waals surface area contributed by atoms with Crippen LogP contribution in [0.15, 0.2) is 24.3 Å². The van der Waals surface area contributed by atoms with E-state index in [4.69, 9.17) is 22.1 Å². The highest BCUT2D eigenvalue weighted by molar-refractivity contribution is 6.31. The fourth-order valence-corrected chi connectivity index (χ4v) is 3.06. The second-order valence-electron chi connectivity index (χ2n) is 5.33. The summed E-state index contributed by atoms with van der Waals surface area (Å²) in [5, 5.41) is -0.182. The summed E-state index contributed by atoms with van der Waals surface area (Å²) in [6, 6.07) is 1.92. The molecule has 2 unspecified atom stereocenters. The number of fused-ring (bicyclic) bond motifs is 1. The summed E-state index contributed by atoms with van der Waals surface area (Å²) in [5.74, 6) is -2.19. The molecule has 0 saturated carbocycles. The van der Waals surface area contributed by atoms with Crippen LogP contribution in [0.5, 0.6) is 5.75 Å². The lowest BCUT2D eigenvalue weighted by atomic mass is 10.1. The number of anilines is 1. The van der Waals surface area contributed by atoms with Gasteiger partial charge in [-0.15, -0.1) is 0 Å². The van der Waals surface area contributed by atoms with Gasteiger partial charge in [0, 0.05) is 6.04 Å². The summed E-state index contributed by atoms with van der Waals surface area (Å²) in [7, 11) is 0. The number of nitrogens with two attached hydrogens (primary N) is 1. The Morgan fingerprint density at radius 2 is 2.18 bits per heavy atom. The van der Waals surface area contributed by atoms with Crippen LogP contribution in [0, 0.1) is 5.82 Å².